The zero-order valence-electron chi connectivity index (χ0n) is 26.9. The number of hydrogen-bond acceptors (Lipinski definition) is 7. The summed E-state index contributed by atoms with van der Waals surface area (Å²) < 4.78 is 50.4. The maximum absolute atomic E-state index is 13.3. The van der Waals surface area contributed by atoms with Crippen LogP contribution in [-0.2, 0) is 33.5 Å². The first-order chi connectivity index (χ1) is 23.3. The van der Waals surface area contributed by atoms with Crippen molar-refractivity contribution >= 4 is 23.8 Å². The molecule has 260 valence electrons. The van der Waals surface area contributed by atoms with Crippen LogP contribution < -0.4 is 15.4 Å². The molecule has 3 N–H and O–H groups in total. The van der Waals surface area contributed by atoms with Gasteiger partial charge in [0.15, 0.2) is 0 Å². The van der Waals surface area contributed by atoms with Crippen LogP contribution in [0, 0.1) is 0 Å². The number of carboxylic acids is 1. The van der Waals surface area contributed by atoms with Crippen LogP contribution in [0.1, 0.15) is 56.7 Å². The first kappa shape index (κ1) is 36.7. The molecule has 1 aliphatic rings. The number of ether oxygens (including phenoxy) is 2. The van der Waals surface area contributed by atoms with Crippen molar-refractivity contribution in [3.05, 3.63) is 113 Å². The number of rotatable bonds is 15. The Morgan fingerprint density at radius 1 is 1.04 bits per heavy atom. The van der Waals surface area contributed by atoms with Gasteiger partial charge in [-0.1, -0.05) is 36.4 Å². The fourth-order valence-corrected chi connectivity index (χ4v) is 5.39. The van der Waals surface area contributed by atoms with Gasteiger partial charge in [0, 0.05) is 43.2 Å². The third-order valence-corrected chi connectivity index (χ3v) is 8.01. The summed E-state index contributed by atoms with van der Waals surface area (Å²) in [5.74, 6) is -2.49. The SMILES string of the molecule is C=CCc1cccc(COC(=O)C(CCC(=O)O)N(C)C(=O)c2ccc(OC[C@@H]3C[C@@H](NC(=O)c4cccc(C(F)(F)F)c4)CN3)cc2)c1. The molecule has 3 aromatic rings. The zero-order chi connectivity index (χ0) is 35.6. The van der Waals surface area contributed by atoms with E-state index < -0.39 is 41.5 Å². The quantitative estimate of drug-likeness (QED) is 0.150. The second-order valence-corrected chi connectivity index (χ2v) is 11.7. The molecule has 2 amide bonds. The van der Waals surface area contributed by atoms with E-state index in [1.54, 1.807) is 24.3 Å². The second-order valence-electron chi connectivity index (χ2n) is 11.7. The molecule has 3 atom stereocenters. The smallest absolute Gasteiger partial charge is 0.416 e. The van der Waals surface area contributed by atoms with Gasteiger partial charge >= 0.3 is 18.1 Å². The lowest BCUT2D eigenvalue weighted by Gasteiger charge is -2.26. The number of benzene rings is 3. The number of nitrogens with zero attached hydrogens (tertiary/aromatic N) is 1. The van der Waals surface area contributed by atoms with E-state index in [0.717, 1.165) is 23.3 Å². The molecule has 0 aromatic heterocycles. The van der Waals surface area contributed by atoms with Crippen LogP contribution in [0.25, 0.3) is 0 Å². The van der Waals surface area contributed by atoms with Crippen LogP contribution in [0.4, 0.5) is 13.2 Å². The van der Waals surface area contributed by atoms with Gasteiger partial charge in [0.25, 0.3) is 11.8 Å². The van der Waals surface area contributed by atoms with Crippen molar-refractivity contribution in [1.82, 2.24) is 15.5 Å². The van der Waals surface area contributed by atoms with E-state index >= 15 is 0 Å². The summed E-state index contributed by atoms with van der Waals surface area (Å²) >= 11 is 0. The summed E-state index contributed by atoms with van der Waals surface area (Å²) in [5.41, 5.74) is 1.02. The van der Waals surface area contributed by atoms with Gasteiger partial charge in [-0.15, -0.1) is 6.58 Å². The molecule has 1 aliphatic heterocycles. The van der Waals surface area contributed by atoms with E-state index in [-0.39, 0.29) is 49.3 Å². The minimum Gasteiger partial charge on any atom is -0.492 e. The van der Waals surface area contributed by atoms with E-state index in [9.17, 15) is 37.5 Å². The number of carbonyl (C=O) groups excluding carboxylic acids is 3. The molecule has 1 fully saturated rings. The number of amides is 2. The summed E-state index contributed by atoms with van der Waals surface area (Å²) in [6, 6.07) is 16.3. The third-order valence-electron chi connectivity index (χ3n) is 8.01. The second kappa shape index (κ2) is 16.8. The highest BCUT2D eigenvalue weighted by atomic mass is 19.4. The van der Waals surface area contributed by atoms with Crippen molar-refractivity contribution in [3.8, 4) is 5.75 Å². The van der Waals surface area contributed by atoms with Gasteiger partial charge in [-0.05, 0) is 72.9 Å². The lowest BCUT2D eigenvalue weighted by Crippen LogP contribution is -2.43. The molecule has 3 aromatic carbocycles. The predicted octanol–water partition coefficient (Wildman–Crippen LogP) is 5.02. The largest absolute Gasteiger partial charge is 0.492 e. The van der Waals surface area contributed by atoms with Crippen molar-refractivity contribution in [2.45, 2.75) is 56.6 Å². The Labute approximate surface area is 281 Å². The number of likely N-dealkylation sites (N-methyl/N-ethyl adjacent to an activating group) is 1. The van der Waals surface area contributed by atoms with E-state index in [1.807, 2.05) is 18.2 Å². The summed E-state index contributed by atoms with van der Waals surface area (Å²) in [6.07, 6.45) is -2.13. The van der Waals surface area contributed by atoms with Crippen LogP contribution in [0.5, 0.6) is 5.75 Å². The molecule has 1 unspecified atom stereocenters. The van der Waals surface area contributed by atoms with E-state index in [0.29, 0.717) is 25.1 Å². The summed E-state index contributed by atoms with van der Waals surface area (Å²) in [7, 11) is 1.42. The molecule has 0 saturated carbocycles. The van der Waals surface area contributed by atoms with E-state index in [2.05, 4.69) is 17.2 Å². The molecule has 13 heteroatoms. The highest BCUT2D eigenvalue weighted by Gasteiger charge is 2.32. The van der Waals surface area contributed by atoms with Crippen molar-refractivity contribution < 1.29 is 46.9 Å². The molecule has 1 heterocycles. The minimum atomic E-state index is -4.55. The number of hydrogen-bond donors (Lipinski definition) is 3. The van der Waals surface area contributed by atoms with Gasteiger partial charge in [-0.3, -0.25) is 14.4 Å². The number of halogens is 3. The molecule has 0 spiro atoms. The summed E-state index contributed by atoms with van der Waals surface area (Å²) in [4.78, 5) is 51.4. The Balaban J connectivity index is 1.29. The molecule has 1 saturated heterocycles. The molecule has 0 bridgehead atoms. The normalized spacial score (nSPS) is 16.3. The highest BCUT2D eigenvalue weighted by molar-refractivity contribution is 5.97. The topological polar surface area (TPSA) is 134 Å². The lowest BCUT2D eigenvalue weighted by atomic mass is 10.1. The highest BCUT2D eigenvalue weighted by Crippen LogP contribution is 2.29. The molecule has 0 radical (unpaired) electrons. The fraction of sp³-hybridized carbons (Fsp3) is 0.333. The number of carbonyl (C=O) groups is 4. The van der Waals surface area contributed by atoms with E-state index in [1.165, 1.54) is 36.2 Å². The predicted molar refractivity (Wildman–Crippen MR) is 174 cm³/mol. The van der Waals surface area contributed by atoms with Crippen molar-refractivity contribution in [1.29, 1.82) is 0 Å². The Morgan fingerprint density at radius 2 is 1.76 bits per heavy atom. The van der Waals surface area contributed by atoms with Crippen molar-refractivity contribution in [3.63, 3.8) is 0 Å². The number of aliphatic carboxylic acids is 1. The Morgan fingerprint density at radius 3 is 2.45 bits per heavy atom. The number of alkyl halides is 3. The summed E-state index contributed by atoms with van der Waals surface area (Å²) in [6.45, 7) is 4.31. The van der Waals surface area contributed by atoms with Crippen LogP contribution in [-0.4, -0.2) is 72.1 Å². The van der Waals surface area contributed by atoms with Gasteiger partial charge in [0.2, 0.25) is 0 Å². The molecule has 10 nitrogen and oxygen atoms in total. The first-order valence-corrected chi connectivity index (χ1v) is 15.6. The zero-order valence-corrected chi connectivity index (χ0v) is 26.9. The Hall–Kier alpha value is -5.17. The molecular formula is C36H38F3N3O7. The molecule has 4 rings (SSSR count). The molecular weight excluding hydrogens is 643 g/mol. The number of nitrogens with one attached hydrogen (secondary N) is 2. The monoisotopic (exact) mass is 681 g/mol. The average Bonchev–Trinajstić information content (AvgIpc) is 3.53. The van der Waals surface area contributed by atoms with Gasteiger partial charge in [-0.25, -0.2) is 4.79 Å². The fourth-order valence-electron chi connectivity index (χ4n) is 5.39. The van der Waals surface area contributed by atoms with Gasteiger partial charge in [-0.2, -0.15) is 13.2 Å². The third kappa shape index (κ3) is 10.7. The van der Waals surface area contributed by atoms with Crippen LogP contribution in [0.2, 0.25) is 0 Å². The van der Waals surface area contributed by atoms with Crippen LogP contribution in [0.3, 0.4) is 0 Å². The average molecular weight is 682 g/mol. The minimum absolute atomic E-state index is 0.0414. The van der Waals surface area contributed by atoms with Crippen molar-refractivity contribution in [2.75, 3.05) is 20.2 Å². The van der Waals surface area contributed by atoms with Crippen molar-refractivity contribution in [2.24, 2.45) is 0 Å². The van der Waals surface area contributed by atoms with Gasteiger partial charge in [0.1, 0.15) is 25.0 Å². The Kier molecular flexibility index (Phi) is 12.6. The maximum atomic E-state index is 13.3. The lowest BCUT2D eigenvalue weighted by molar-refractivity contribution is -0.150. The van der Waals surface area contributed by atoms with Gasteiger partial charge < -0.3 is 30.1 Å². The molecule has 0 aliphatic carbocycles. The number of allylic oxidation sites excluding steroid dienone is 1. The number of carboxylic acid groups (broad SMARTS) is 1. The van der Waals surface area contributed by atoms with Crippen LogP contribution in [0.15, 0.2) is 85.5 Å². The maximum Gasteiger partial charge on any atom is 0.416 e. The van der Waals surface area contributed by atoms with Gasteiger partial charge in [0.05, 0.1) is 5.56 Å². The Bertz CT molecular complexity index is 1650. The number of esters is 1. The van der Waals surface area contributed by atoms with Crippen LogP contribution >= 0.6 is 0 Å². The molecule has 49 heavy (non-hydrogen) atoms. The summed E-state index contributed by atoms with van der Waals surface area (Å²) in [5, 5.41) is 15.2. The first-order valence-electron chi connectivity index (χ1n) is 15.6. The standard InChI is InChI=1S/C36H38F3N3O7/c1-3-6-23-7-4-8-24(17-23)21-49-35(47)31(15-16-32(43)44)42(2)34(46)25-11-13-30(14-12-25)48-22-29-19-28(20-40-29)41-33(45)26-9-5-10-27(18-26)36(37,38)39/h3-5,7-14,17-18,28-29,31,40H,1,6,15-16,19-22H2,2H3,(H,41,45)(H,43,44)/t28-,29+,31?/m1/s1. The van der Waals surface area contributed by atoms with E-state index in [4.69, 9.17) is 9.47 Å².